The number of hydrogen-bond acceptors (Lipinski definition) is 4. The van der Waals surface area contributed by atoms with Crippen LogP contribution in [0.15, 0.2) is 0 Å². The molecule has 0 unspecified atom stereocenters. The van der Waals surface area contributed by atoms with Crippen LogP contribution in [-0.4, -0.2) is 44.2 Å². The lowest BCUT2D eigenvalue weighted by atomic mass is 9.94. The van der Waals surface area contributed by atoms with Crippen LogP contribution in [0.5, 0.6) is 0 Å². The molecule has 0 bridgehead atoms. The van der Waals surface area contributed by atoms with Gasteiger partial charge in [-0.05, 0) is 12.8 Å². The van der Waals surface area contributed by atoms with Crippen LogP contribution >= 0.6 is 0 Å². The quantitative estimate of drug-likeness (QED) is 0.646. The average molecular weight is 223 g/mol. The molecule has 14 heavy (non-hydrogen) atoms. The summed E-state index contributed by atoms with van der Waals surface area (Å²) in [7, 11) is -2.92. The summed E-state index contributed by atoms with van der Waals surface area (Å²) in [6, 6.07) is 0. The van der Waals surface area contributed by atoms with Gasteiger partial charge in [-0.1, -0.05) is 13.8 Å². The van der Waals surface area contributed by atoms with Crippen molar-refractivity contribution in [3.8, 4) is 0 Å². The Labute approximate surface area is 86.6 Å². The Bertz CT molecular complexity index is 237. The molecule has 0 aromatic carbocycles. The Balaban J connectivity index is 4.08. The molecule has 0 rings (SSSR count). The highest BCUT2D eigenvalue weighted by molar-refractivity contribution is 7.90. The van der Waals surface area contributed by atoms with E-state index in [1.807, 2.05) is 13.8 Å². The van der Waals surface area contributed by atoms with Gasteiger partial charge in [0.25, 0.3) is 0 Å². The summed E-state index contributed by atoms with van der Waals surface area (Å²) in [6.07, 6.45) is 2.81. The van der Waals surface area contributed by atoms with Gasteiger partial charge in [0.2, 0.25) is 0 Å². The second-order valence-electron chi connectivity index (χ2n) is 3.70. The lowest BCUT2D eigenvalue weighted by Crippen LogP contribution is -2.49. The van der Waals surface area contributed by atoms with Crippen molar-refractivity contribution in [2.75, 3.05) is 25.2 Å². The van der Waals surface area contributed by atoms with E-state index in [-0.39, 0.29) is 17.9 Å². The first kappa shape index (κ1) is 13.9. The van der Waals surface area contributed by atoms with E-state index >= 15 is 0 Å². The van der Waals surface area contributed by atoms with E-state index in [9.17, 15) is 13.5 Å². The van der Waals surface area contributed by atoms with Crippen molar-refractivity contribution < 1.29 is 13.5 Å². The van der Waals surface area contributed by atoms with Crippen LogP contribution in [0.1, 0.15) is 26.7 Å². The van der Waals surface area contributed by atoms with Gasteiger partial charge in [0, 0.05) is 18.3 Å². The second kappa shape index (κ2) is 5.68. The average Bonchev–Trinajstić information content (AvgIpc) is 2.11. The summed E-state index contributed by atoms with van der Waals surface area (Å²) in [5, 5.41) is 12.3. The summed E-state index contributed by atoms with van der Waals surface area (Å²) in [6.45, 7) is 4.41. The highest BCUT2D eigenvalue weighted by atomic mass is 32.2. The van der Waals surface area contributed by atoms with E-state index in [2.05, 4.69) is 5.32 Å². The number of hydrogen-bond donors (Lipinski definition) is 2. The largest absolute Gasteiger partial charge is 0.394 e. The maximum absolute atomic E-state index is 10.9. The standard InChI is InChI=1S/C9H21NO3S/c1-4-9(5-2,8-11)10-6-7-14(3,12)13/h10-11H,4-8H2,1-3H3. The number of aliphatic hydroxyl groups is 1. The Kier molecular flexibility index (Phi) is 5.63. The Hall–Kier alpha value is -0.130. The minimum atomic E-state index is -2.92. The third kappa shape index (κ3) is 4.93. The number of aliphatic hydroxyl groups excluding tert-OH is 1. The molecule has 0 saturated carbocycles. The molecule has 0 atom stereocenters. The molecule has 0 saturated heterocycles. The Morgan fingerprint density at radius 3 is 2.07 bits per heavy atom. The molecule has 0 radical (unpaired) electrons. The van der Waals surface area contributed by atoms with Crippen molar-refractivity contribution in [3.05, 3.63) is 0 Å². The topological polar surface area (TPSA) is 66.4 Å². The van der Waals surface area contributed by atoms with Gasteiger partial charge in [-0.15, -0.1) is 0 Å². The van der Waals surface area contributed by atoms with Gasteiger partial charge >= 0.3 is 0 Å². The third-order valence-corrected chi connectivity index (χ3v) is 3.57. The van der Waals surface area contributed by atoms with Crippen LogP contribution in [0, 0.1) is 0 Å². The molecule has 5 heteroatoms. The van der Waals surface area contributed by atoms with Crippen molar-refractivity contribution in [2.24, 2.45) is 0 Å². The van der Waals surface area contributed by atoms with E-state index < -0.39 is 9.84 Å². The maximum Gasteiger partial charge on any atom is 0.148 e. The summed E-state index contributed by atoms with van der Waals surface area (Å²) in [5.74, 6) is 0.120. The summed E-state index contributed by atoms with van der Waals surface area (Å²) >= 11 is 0. The van der Waals surface area contributed by atoms with Crippen LogP contribution < -0.4 is 5.32 Å². The zero-order chi connectivity index (χ0) is 11.2. The zero-order valence-electron chi connectivity index (χ0n) is 9.21. The van der Waals surface area contributed by atoms with Crippen LogP contribution in [0.3, 0.4) is 0 Å². The van der Waals surface area contributed by atoms with Gasteiger partial charge in [0.15, 0.2) is 0 Å². The summed E-state index contributed by atoms with van der Waals surface area (Å²) < 4.78 is 21.8. The molecule has 0 aliphatic carbocycles. The van der Waals surface area contributed by atoms with Crippen LogP contribution in [0.2, 0.25) is 0 Å². The SMILES string of the molecule is CCC(CC)(CO)NCCS(C)(=O)=O. The van der Waals surface area contributed by atoms with Gasteiger partial charge in [-0.25, -0.2) is 8.42 Å². The summed E-state index contributed by atoms with van der Waals surface area (Å²) in [5.41, 5.74) is -0.315. The molecular formula is C9H21NO3S. The first-order chi connectivity index (χ1) is 6.39. The Morgan fingerprint density at radius 2 is 1.79 bits per heavy atom. The fourth-order valence-electron chi connectivity index (χ4n) is 1.28. The maximum atomic E-state index is 10.9. The molecule has 0 heterocycles. The van der Waals surface area contributed by atoms with Gasteiger partial charge < -0.3 is 10.4 Å². The first-order valence-corrected chi connectivity index (χ1v) is 6.99. The fourth-order valence-corrected chi connectivity index (χ4v) is 1.75. The van der Waals surface area contributed by atoms with Crippen LogP contribution in [-0.2, 0) is 9.84 Å². The van der Waals surface area contributed by atoms with Gasteiger partial charge in [-0.2, -0.15) is 0 Å². The highest BCUT2D eigenvalue weighted by Crippen LogP contribution is 2.13. The van der Waals surface area contributed by atoms with Crippen molar-refractivity contribution in [1.29, 1.82) is 0 Å². The zero-order valence-corrected chi connectivity index (χ0v) is 10.0. The summed E-state index contributed by atoms with van der Waals surface area (Å²) in [4.78, 5) is 0. The lowest BCUT2D eigenvalue weighted by Gasteiger charge is -2.30. The minimum absolute atomic E-state index is 0.0454. The molecule has 2 N–H and O–H groups in total. The monoisotopic (exact) mass is 223 g/mol. The predicted octanol–water partition coefficient (Wildman–Crippen LogP) is 0.172. The molecule has 0 spiro atoms. The molecule has 4 nitrogen and oxygen atoms in total. The highest BCUT2D eigenvalue weighted by Gasteiger charge is 2.24. The number of nitrogens with one attached hydrogen (secondary N) is 1. The second-order valence-corrected chi connectivity index (χ2v) is 5.96. The van der Waals surface area contributed by atoms with E-state index in [0.29, 0.717) is 6.54 Å². The van der Waals surface area contributed by atoms with Gasteiger partial charge in [0.1, 0.15) is 9.84 Å². The molecule has 0 aromatic rings. The molecule has 0 amide bonds. The fraction of sp³-hybridized carbons (Fsp3) is 1.00. The minimum Gasteiger partial charge on any atom is -0.394 e. The van der Waals surface area contributed by atoms with Crippen molar-refractivity contribution in [1.82, 2.24) is 5.32 Å². The molecule has 0 fully saturated rings. The van der Waals surface area contributed by atoms with Crippen molar-refractivity contribution in [2.45, 2.75) is 32.2 Å². The molecule has 0 aliphatic heterocycles. The molecular weight excluding hydrogens is 202 g/mol. The molecule has 86 valence electrons. The Morgan fingerprint density at radius 1 is 1.29 bits per heavy atom. The lowest BCUT2D eigenvalue weighted by molar-refractivity contribution is 0.153. The van der Waals surface area contributed by atoms with E-state index in [1.165, 1.54) is 6.26 Å². The number of sulfone groups is 1. The normalized spacial score (nSPS) is 13.1. The first-order valence-electron chi connectivity index (χ1n) is 4.92. The van der Waals surface area contributed by atoms with Crippen molar-refractivity contribution in [3.63, 3.8) is 0 Å². The van der Waals surface area contributed by atoms with Gasteiger partial charge in [-0.3, -0.25) is 0 Å². The van der Waals surface area contributed by atoms with E-state index in [1.54, 1.807) is 0 Å². The van der Waals surface area contributed by atoms with Crippen LogP contribution in [0.4, 0.5) is 0 Å². The van der Waals surface area contributed by atoms with E-state index in [0.717, 1.165) is 12.8 Å². The molecule has 0 aliphatic rings. The number of rotatable bonds is 7. The third-order valence-electron chi connectivity index (χ3n) is 2.63. The molecule has 0 aromatic heterocycles. The van der Waals surface area contributed by atoms with Crippen LogP contribution in [0.25, 0.3) is 0 Å². The van der Waals surface area contributed by atoms with Gasteiger partial charge in [0.05, 0.1) is 12.4 Å². The van der Waals surface area contributed by atoms with E-state index in [4.69, 9.17) is 0 Å². The smallest absolute Gasteiger partial charge is 0.148 e. The van der Waals surface area contributed by atoms with Crippen molar-refractivity contribution >= 4 is 9.84 Å². The predicted molar refractivity (Wildman–Crippen MR) is 58.1 cm³/mol.